The molecule has 1 amide bonds. The Kier molecular flexibility index (Phi) is 5.49. The molecular weight excluding hydrogens is 392 g/mol. The molecule has 2 aromatic heterocycles. The average Bonchev–Trinajstić information content (AvgIpc) is 3.23. The van der Waals surface area contributed by atoms with Gasteiger partial charge in [0.25, 0.3) is 11.4 Å². The molecule has 1 N–H and O–H groups in total. The smallest absolute Gasteiger partial charge is 0.263 e. The second kappa shape index (κ2) is 8.39. The number of carbonyl (C=O) groups excluding carboxylic acids is 1. The Hall–Kier alpha value is -4.00. The molecule has 4 aromatic rings. The highest BCUT2D eigenvalue weighted by molar-refractivity contribution is 5.92. The maximum absolute atomic E-state index is 12.9. The Morgan fingerprint density at radius 3 is 2.42 bits per heavy atom. The SMILES string of the molecule is Cc1ccc(-c2noc(-c3cccn(CC(=O)Nc4c(C)cccc4C)c3=O)n2)cc1. The predicted molar refractivity (Wildman–Crippen MR) is 119 cm³/mol. The molecule has 7 nitrogen and oxygen atoms in total. The Balaban J connectivity index is 1.57. The van der Waals surface area contributed by atoms with E-state index in [2.05, 4.69) is 15.5 Å². The number of hydrogen-bond acceptors (Lipinski definition) is 5. The van der Waals surface area contributed by atoms with E-state index in [0.717, 1.165) is 27.9 Å². The standard InChI is InChI=1S/C24H22N4O3/c1-15-9-11-18(12-10-15)22-26-23(31-27-22)19-8-5-13-28(24(19)30)14-20(29)25-21-16(2)6-4-7-17(21)3/h4-13H,14H2,1-3H3,(H,25,29). The summed E-state index contributed by atoms with van der Waals surface area (Å²) in [7, 11) is 0. The molecule has 0 radical (unpaired) electrons. The minimum Gasteiger partial charge on any atom is -0.333 e. The lowest BCUT2D eigenvalue weighted by Gasteiger charge is -2.12. The topological polar surface area (TPSA) is 90.0 Å². The summed E-state index contributed by atoms with van der Waals surface area (Å²) < 4.78 is 6.66. The number of aromatic nitrogens is 3. The number of anilines is 1. The summed E-state index contributed by atoms with van der Waals surface area (Å²) in [5.74, 6) is 0.227. The van der Waals surface area contributed by atoms with Crippen molar-refractivity contribution in [2.45, 2.75) is 27.3 Å². The molecule has 0 aliphatic carbocycles. The molecule has 0 saturated heterocycles. The van der Waals surface area contributed by atoms with Gasteiger partial charge in [-0.1, -0.05) is 53.2 Å². The third kappa shape index (κ3) is 4.30. The predicted octanol–water partition coefficient (Wildman–Crippen LogP) is 4.13. The summed E-state index contributed by atoms with van der Waals surface area (Å²) in [6.45, 7) is 5.72. The van der Waals surface area contributed by atoms with Crippen LogP contribution in [0.3, 0.4) is 0 Å². The van der Waals surface area contributed by atoms with Gasteiger partial charge in [0.05, 0.1) is 0 Å². The first-order chi connectivity index (χ1) is 14.9. The Bertz CT molecular complexity index is 1280. The van der Waals surface area contributed by atoms with Gasteiger partial charge in [-0.15, -0.1) is 0 Å². The number of para-hydroxylation sites is 1. The van der Waals surface area contributed by atoms with Gasteiger partial charge in [-0.25, -0.2) is 0 Å². The van der Waals surface area contributed by atoms with Crippen LogP contribution in [0.5, 0.6) is 0 Å². The molecule has 0 spiro atoms. The van der Waals surface area contributed by atoms with Gasteiger partial charge < -0.3 is 14.4 Å². The van der Waals surface area contributed by atoms with E-state index in [1.165, 1.54) is 4.57 Å². The lowest BCUT2D eigenvalue weighted by Crippen LogP contribution is -2.28. The number of nitrogens with one attached hydrogen (secondary N) is 1. The molecule has 4 rings (SSSR count). The second-order valence-corrected chi connectivity index (χ2v) is 7.46. The lowest BCUT2D eigenvalue weighted by molar-refractivity contribution is -0.116. The zero-order chi connectivity index (χ0) is 22.0. The van der Waals surface area contributed by atoms with Gasteiger partial charge in [-0.3, -0.25) is 9.59 Å². The van der Waals surface area contributed by atoms with Crippen LogP contribution in [-0.4, -0.2) is 20.6 Å². The molecule has 2 aromatic carbocycles. The molecule has 0 aliphatic rings. The van der Waals surface area contributed by atoms with E-state index in [1.807, 2.05) is 63.2 Å². The number of amides is 1. The summed E-state index contributed by atoms with van der Waals surface area (Å²) in [5, 5.41) is 6.88. The van der Waals surface area contributed by atoms with Gasteiger partial charge in [0, 0.05) is 17.4 Å². The van der Waals surface area contributed by atoms with Crippen LogP contribution in [0.15, 0.2) is 70.1 Å². The number of nitrogens with zero attached hydrogens (tertiary/aromatic N) is 3. The summed E-state index contributed by atoms with van der Waals surface area (Å²) >= 11 is 0. The van der Waals surface area contributed by atoms with Gasteiger partial charge in [-0.05, 0) is 44.0 Å². The fraction of sp³-hybridized carbons (Fsp3) is 0.167. The first-order valence-electron chi connectivity index (χ1n) is 9.89. The average molecular weight is 414 g/mol. The van der Waals surface area contributed by atoms with E-state index in [0.29, 0.717) is 5.82 Å². The highest BCUT2D eigenvalue weighted by Crippen LogP contribution is 2.21. The molecular formula is C24H22N4O3. The number of carbonyl (C=O) groups is 1. The van der Waals surface area contributed by atoms with Crippen molar-refractivity contribution in [2.24, 2.45) is 0 Å². The van der Waals surface area contributed by atoms with Crippen LogP contribution in [-0.2, 0) is 11.3 Å². The van der Waals surface area contributed by atoms with Crippen LogP contribution in [0.25, 0.3) is 22.8 Å². The second-order valence-electron chi connectivity index (χ2n) is 7.46. The Morgan fingerprint density at radius 2 is 1.71 bits per heavy atom. The van der Waals surface area contributed by atoms with Crippen molar-refractivity contribution in [2.75, 3.05) is 5.32 Å². The highest BCUT2D eigenvalue weighted by Gasteiger charge is 2.16. The minimum absolute atomic E-state index is 0.116. The number of aryl methyl sites for hydroxylation is 3. The summed E-state index contributed by atoms with van der Waals surface area (Å²) in [6.07, 6.45) is 1.56. The monoisotopic (exact) mass is 414 g/mol. The van der Waals surface area contributed by atoms with Crippen molar-refractivity contribution < 1.29 is 9.32 Å². The first kappa shape index (κ1) is 20.3. The number of hydrogen-bond donors (Lipinski definition) is 1. The van der Waals surface area contributed by atoms with Crippen molar-refractivity contribution in [1.82, 2.24) is 14.7 Å². The molecule has 7 heteroatoms. The first-order valence-corrected chi connectivity index (χ1v) is 9.89. The summed E-state index contributed by atoms with van der Waals surface area (Å²) in [4.78, 5) is 29.9. The summed E-state index contributed by atoms with van der Waals surface area (Å²) in [6, 6.07) is 16.8. The van der Waals surface area contributed by atoms with Gasteiger partial charge >= 0.3 is 0 Å². The van der Waals surface area contributed by atoms with Crippen LogP contribution in [0.1, 0.15) is 16.7 Å². The van der Waals surface area contributed by atoms with Crippen LogP contribution in [0, 0.1) is 20.8 Å². The minimum atomic E-state index is -0.377. The fourth-order valence-corrected chi connectivity index (χ4v) is 3.32. The maximum Gasteiger partial charge on any atom is 0.263 e. The molecule has 0 saturated carbocycles. The van der Waals surface area contributed by atoms with E-state index in [9.17, 15) is 9.59 Å². The normalized spacial score (nSPS) is 10.8. The van der Waals surface area contributed by atoms with Crippen molar-refractivity contribution in [3.05, 3.63) is 87.8 Å². The molecule has 31 heavy (non-hydrogen) atoms. The van der Waals surface area contributed by atoms with E-state index in [4.69, 9.17) is 4.52 Å². The third-order valence-electron chi connectivity index (χ3n) is 5.05. The molecule has 0 bridgehead atoms. The molecule has 156 valence electrons. The van der Waals surface area contributed by atoms with Crippen molar-refractivity contribution >= 4 is 11.6 Å². The van der Waals surface area contributed by atoms with Crippen molar-refractivity contribution in [1.29, 1.82) is 0 Å². The maximum atomic E-state index is 12.9. The van der Waals surface area contributed by atoms with Crippen molar-refractivity contribution in [3.63, 3.8) is 0 Å². The van der Waals surface area contributed by atoms with Crippen molar-refractivity contribution in [3.8, 4) is 22.8 Å². The molecule has 0 unspecified atom stereocenters. The highest BCUT2D eigenvalue weighted by atomic mass is 16.5. The quantitative estimate of drug-likeness (QED) is 0.530. The van der Waals surface area contributed by atoms with E-state index in [-0.39, 0.29) is 29.5 Å². The van der Waals surface area contributed by atoms with Crippen LogP contribution in [0.4, 0.5) is 5.69 Å². The van der Waals surface area contributed by atoms with Gasteiger partial charge in [0.15, 0.2) is 0 Å². The number of benzene rings is 2. The van der Waals surface area contributed by atoms with E-state index in [1.54, 1.807) is 18.3 Å². The van der Waals surface area contributed by atoms with Gasteiger partial charge in [-0.2, -0.15) is 4.98 Å². The van der Waals surface area contributed by atoms with E-state index >= 15 is 0 Å². The van der Waals surface area contributed by atoms with Crippen LogP contribution in [0.2, 0.25) is 0 Å². The summed E-state index contributed by atoms with van der Waals surface area (Å²) in [5.41, 5.74) is 4.47. The molecule has 0 fully saturated rings. The zero-order valence-corrected chi connectivity index (χ0v) is 17.5. The lowest BCUT2D eigenvalue weighted by atomic mass is 10.1. The van der Waals surface area contributed by atoms with E-state index < -0.39 is 0 Å². The van der Waals surface area contributed by atoms with Crippen LogP contribution < -0.4 is 10.9 Å². The van der Waals surface area contributed by atoms with Gasteiger partial charge in [0.1, 0.15) is 12.1 Å². The Labute approximate surface area is 179 Å². The molecule has 0 aliphatic heterocycles. The van der Waals surface area contributed by atoms with Gasteiger partial charge in [0.2, 0.25) is 11.7 Å². The van der Waals surface area contributed by atoms with Crippen LogP contribution >= 0.6 is 0 Å². The molecule has 0 atom stereocenters. The number of rotatable bonds is 5. The largest absolute Gasteiger partial charge is 0.333 e. The number of pyridine rings is 1. The molecule has 2 heterocycles. The fourth-order valence-electron chi connectivity index (χ4n) is 3.32. The zero-order valence-electron chi connectivity index (χ0n) is 17.5. The Morgan fingerprint density at radius 1 is 1.00 bits per heavy atom. The third-order valence-corrected chi connectivity index (χ3v) is 5.05.